The molecule has 0 saturated carbocycles. The summed E-state index contributed by atoms with van der Waals surface area (Å²) >= 11 is 0. The molecule has 5 rings (SSSR count). The molecule has 174 valence electrons. The highest BCUT2D eigenvalue weighted by Gasteiger charge is 2.27. The van der Waals surface area contributed by atoms with Crippen molar-refractivity contribution in [2.45, 2.75) is 13.5 Å². The van der Waals surface area contributed by atoms with Crippen molar-refractivity contribution >= 4 is 22.8 Å². The van der Waals surface area contributed by atoms with E-state index in [1.165, 1.54) is 24.3 Å². The number of hydrogen-bond acceptors (Lipinski definition) is 6. The number of fused-ring (bicyclic) bond motifs is 1. The molecule has 1 amide bonds. The summed E-state index contributed by atoms with van der Waals surface area (Å²) in [4.78, 5) is 26.4. The molecule has 0 unspecified atom stereocenters. The Kier molecular flexibility index (Phi) is 5.93. The zero-order chi connectivity index (χ0) is 23.7. The van der Waals surface area contributed by atoms with Gasteiger partial charge in [-0.15, -0.1) is 0 Å². The molecular weight excluding hydrogens is 435 g/mol. The number of nitrogens with zero attached hydrogens (tertiary/aromatic N) is 6. The largest absolute Gasteiger partial charge is 0.377 e. The number of carbonyl (C=O) groups excluding carboxylic acids is 1. The van der Waals surface area contributed by atoms with Crippen molar-refractivity contribution in [3.8, 4) is 5.69 Å². The number of carbonyl (C=O) groups is 1. The summed E-state index contributed by atoms with van der Waals surface area (Å²) in [5, 5.41) is 5.65. The van der Waals surface area contributed by atoms with E-state index in [0.717, 1.165) is 28.2 Å². The van der Waals surface area contributed by atoms with Crippen molar-refractivity contribution < 1.29 is 13.9 Å². The SMILES string of the molecule is COCc1nc(N2CCN(C(=O)c3ccc(F)cc3)CC2)c2c(C)nn(-c3ccccc3)c2n1. The second kappa shape index (κ2) is 9.18. The first-order chi connectivity index (χ1) is 16.5. The van der Waals surface area contributed by atoms with Crippen molar-refractivity contribution in [1.82, 2.24) is 24.6 Å². The Morgan fingerprint density at radius 1 is 1.00 bits per heavy atom. The van der Waals surface area contributed by atoms with E-state index in [2.05, 4.69) is 4.90 Å². The van der Waals surface area contributed by atoms with Gasteiger partial charge in [0.1, 0.15) is 18.2 Å². The molecule has 0 N–H and O–H groups in total. The van der Waals surface area contributed by atoms with Crippen LogP contribution in [0, 0.1) is 12.7 Å². The van der Waals surface area contributed by atoms with Gasteiger partial charge < -0.3 is 14.5 Å². The van der Waals surface area contributed by atoms with Crippen LogP contribution in [0.25, 0.3) is 16.7 Å². The fraction of sp³-hybridized carbons (Fsp3) is 0.280. The fourth-order valence-corrected chi connectivity index (χ4v) is 4.27. The average molecular weight is 461 g/mol. The lowest BCUT2D eigenvalue weighted by atomic mass is 10.1. The Morgan fingerprint density at radius 3 is 2.38 bits per heavy atom. The van der Waals surface area contributed by atoms with Crippen LogP contribution < -0.4 is 4.90 Å². The third-order valence-electron chi connectivity index (χ3n) is 5.96. The highest BCUT2D eigenvalue weighted by atomic mass is 19.1. The first-order valence-electron chi connectivity index (χ1n) is 11.2. The van der Waals surface area contributed by atoms with E-state index in [9.17, 15) is 9.18 Å². The fourth-order valence-electron chi connectivity index (χ4n) is 4.27. The maximum absolute atomic E-state index is 13.2. The molecule has 0 radical (unpaired) electrons. The lowest BCUT2D eigenvalue weighted by molar-refractivity contribution is 0.0746. The lowest BCUT2D eigenvalue weighted by Crippen LogP contribution is -2.49. The van der Waals surface area contributed by atoms with Gasteiger partial charge in [0.05, 0.1) is 16.8 Å². The minimum Gasteiger partial charge on any atom is -0.377 e. The smallest absolute Gasteiger partial charge is 0.253 e. The van der Waals surface area contributed by atoms with Crippen LogP contribution in [0.2, 0.25) is 0 Å². The normalized spacial score (nSPS) is 14.1. The second-order valence-corrected chi connectivity index (χ2v) is 8.21. The third kappa shape index (κ3) is 4.10. The van der Waals surface area contributed by atoms with Crippen molar-refractivity contribution in [3.05, 3.63) is 77.5 Å². The van der Waals surface area contributed by atoms with E-state index < -0.39 is 0 Å². The topological polar surface area (TPSA) is 76.4 Å². The molecule has 0 bridgehead atoms. The number of aryl methyl sites for hydroxylation is 1. The van der Waals surface area contributed by atoms with Gasteiger partial charge in [-0.05, 0) is 43.3 Å². The van der Waals surface area contributed by atoms with Crippen LogP contribution in [0.15, 0.2) is 54.6 Å². The first-order valence-corrected chi connectivity index (χ1v) is 11.2. The van der Waals surface area contributed by atoms with Gasteiger partial charge in [0.15, 0.2) is 11.5 Å². The van der Waals surface area contributed by atoms with E-state index >= 15 is 0 Å². The molecule has 4 aromatic rings. The van der Waals surface area contributed by atoms with Crippen LogP contribution in [0.3, 0.4) is 0 Å². The molecule has 0 spiro atoms. The predicted molar refractivity (Wildman–Crippen MR) is 127 cm³/mol. The average Bonchev–Trinajstić information content (AvgIpc) is 3.21. The summed E-state index contributed by atoms with van der Waals surface area (Å²) in [5.41, 5.74) is 2.97. The Bertz CT molecular complexity index is 1320. The number of benzene rings is 2. The number of amides is 1. The molecule has 0 aliphatic carbocycles. The highest BCUT2D eigenvalue weighted by molar-refractivity contribution is 5.95. The summed E-state index contributed by atoms with van der Waals surface area (Å²) in [7, 11) is 1.62. The van der Waals surface area contributed by atoms with Gasteiger partial charge in [-0.25, -0.2) is 19.0 Å². The van der Waals surface area contributed by atoms with Crippen LogP contribution in [0.5, 0.6) is 0 Å². The van der Waals surface area contributed by atoms with E-state index in [-0.39, 0.29) is 18.3 Å². The van der Waals surface area contributed by atoms with Crippen molar-refractivity contribution in [2.24, 2.45) is 0 Å². The van der Waals surface area contributed by atoms with Gasteiger partial charge in [0, 0.05) is 38.9 Å². The zero-order valence-corrected chi connectivity index (χ0v) is 19.1. The number of piperazine rings is 1. The molecule has 1 aliphatic rings. The van der Waals surface area contributed by atoms with Crippen molar-refractivity contribution in [1.29, 1.82) is 0 Å². The molecule has 9 heteroatoms. The van der Waals surface area contributed by atoms with Crippen LogP contribution in [0.1, 0.15) is 21.9 Å². The minimum absolute atomic E-state index is 0.0966. The zero-order valence-electron chi connectivity index (χ0n) is 19.1. The molecule has 1 saturated heterocycles. The predicted octanol–water partition coefficient (Wildman–Crippen LogP) is 3.37. The molecule has 0 atom stereocenters. The van der Waals surface area contributed by atoms with E-state index in [1.807, 2.05) is 41.9 Å². The van der Waals surface area contributed by atoms with Gasteiger partial charge in [0.2, 0.25) is 0 Å². The van der Waals surface area contributed by atoms with E-state index in [1.54, 1.807) is 12.0 Å². The lowest BCUT2D eigenvalue weighted by Gasteiger charge is -2.35. The van der Waals surface area contributed by atoms with Crippen LogP contribution in [-0.4, -0.2) is 63.8 Å². The number of aromatic nitrogens is 4. The first kappa shape index (κ1) is 22.0. The maximum atomic E-state index is 13.2. The maximum Gasteiger partial charge on any atom is 0.253 e. The summed E-state index contributed by atoms with van der Waals surface area (Å²) in [5.74, 6) is 0.922. The molecule has 8 nitrogen and oxygen atoms in total. The Labute approximate surface area is 196 Å². The number of ether oxygens (including phenoxy) is 1. The summed E-state index contributed by atoms with van der Waals surface area (Å²) in [6.45, 7) is 4.53. The second-order valence-electron chi connectivity index (χ2n) is 8.21. The molecule has 3 heterocycles. The Morgan fingerprint density at radius 2 is 1.71 bits per heavy atom. The van der Waals surface area contributed by atoms with Gasteiger partial charge >= 0.3 is 0 Å². The molecule has 1 aliphatic heterocycles. The molecular formula is C25H25FN6O2. The standard InChI is InChI=1S/C25H25FN6O2/c1-17-22-23(30-12-14-31(15-13-30)25(33)18-8-10-19(26)11-9-18)27-21(16-34-2)28-24(22)32(29-17)20-6-4-3-5-7-20/h3-11H,12-16H2,1-2H3. The summed E-state index contributed by atoms with van der Waals surface area (Å²) in [6.07, 6.45) is 0. The Balaban J connectivity index is 1.46. The number of para-hydroxylation sites is 1. The van der Waals surface area contributed by atoms with Gasteiger partial charge in [-0.2, -0.15) is 5.10 Å². The number of methoxy groups -OCH3 is 1. The van der Waals surface area contributed by atoms with Gasteiger partial charge in [-0.3, -0.25) is 4.79 Å². The Hall–Kier alpha value is -3.85. The number of halogens is 1. The molecule has 1 fully saturated rings. The van der Waals surface area contributed by atoms with Crippen molar-refractivity contribution in [2.75, 3.05) is 38.2 Å². The number of hydrogen-bond donors (Lipinski definition) is 0. The number of rotatable bonds is 5. The minimum atomic E-state index is -0.354. The number of anilines is 1. The quantitative estimate of drug-likeness (QED) is 0.455. The molecule has 34 heavy (non-hydrogen) atoms. The summed E-state index contributed by atoms with van der Waals surface area (Å²) < 4.78 is 20.4. The third-order valence-corrected chi connectivity index (χ3v) is 5.96. The van der Waals surface area contributed by atoms with Crippen LogP contribution in [-0.2, 0) is 11.3 Å². The van der Waals surface area contributed by atoms with Gasteiger partial charge in [0.25, 0.3) is 5.91 Å². The molecule has 2 aromatic heterocycles. The van der Waals surface area contributed by atoms with Crippen LogP contribution in [0.4, 0.5) is 10.2 Å². The highest BCUT2D eigenvalue weighted by Crippen LogP contribution is 2.30. The monoisotopic (exact) mass is 460 g/mol. The van der Waals surface area contributed by atoms with Crippen molar-refractivity contribution in [3.63, 3.8) is 0 Å². The molecule has 2 aromatic carbocycles. The van der Waals surface area contributed by atoms with E-state index in [4.69, 9.17) is 19.8 Å². The van der Waals surface area contributed by atoms with Gasteiger partial charge in [-0.1, -0.05) is 18.2 Å². The van der Waals surface area contributed by atoms with Crippen LogP contribution >= 0.6 is 0 Å². The summed E-state index contributed by atoms with van der Waals surface area (Å²) in [6, 6.07) is 15.5. The van der Waals surface area contributed by atoms with E-state index in [0.29, 0.717) is 37.6 Å².